The van der Waals surface area contributed by atoms with Crippen molar-refractivity contribution < 1.29 is 13.2 Å². The molecule has 38 heavy (non-hydrogen) atoms. The second kappa shape index (κ2) is 10.0. The summed E-state index contributed by atoms with van der Waals surface area (Å²) in [6.07, 6.45) is 6.38. The van der Waals surface area contributed by atoms with Gasteiger partial charge in [-0.1, -0.05) is 97.4 Å². The maximum absolute atomic E-state index is 13.1. The van der Waals surface area contributed by atoms with Crippen molar-refractivity contribution in [3.05, 3.63) is 132 Å². The molecule has 4 aromatic carbocycles. The molecular weight excluding hydrogens is 490 g/mol. The third-order valence-electron chi connectivity index (χ3n) is 8.44. The lowest BCUT2D eigenvalue weighted by Gasteiger charge is -2.36. The first-order chi connectivity index (χ1) is 18.5. The fourth-order valence-electron chi connectivity index (χ4n) is 6.40. The van der Waals surface area contributed by atoms with Crippen LogP contribution in [0, 0.1) is 11.3 Å². The Hall–Kier alpha value is -3.41. The van der Waals surface area contributed by atoms with E-state index >= 15 is 0 Å². The van der Waals surface area contributed by atoms with E-state index < -0.39 is 15.6 Å². The summed E-state index contributed by atoms with van der Waals surface area (Å²) in [7, 11) is -3.73. The minimum atomic E-state index is -3.73. The number of anilines is 1. The molecule has 194 valence electrons. The molecule has 2 aliphatic rings. The van der Waals surface area contributed by atoms with Gasteiger partial charge in [-0.25, -0.2) is 8.42 Å². The molecule has 0 spiro atoms. The number of nitrogens with one attached hydrogen (secondary N) is 1. The summed E-state index contributed by atoms with van der Waals surface area (Å²) >= 11 is 0. The summed E-state index contributed by atoms with van der Waals surface area (Å²) in [5.74, 6) is 0.865. The Kier molecular flexibility index (Phi) is 6.58. The van der Waals surface area contributed by atoms with Gasteiger partial charge < -0.3 is 4.74 Å². The molecule has 2 saturated carbocycles. The van der Waals surface area contributed by atoms with Gasteiger partial charge in [-0.05, 0) is 78.0 Å². The third kappa shape index (κ3) is 4.65. The second-order valence-corrected chi connectivity index (χ2v) is 12.3. The standard InChI is InChI=1S/C33H33NO3S/c35-38(36,31-19-8-3-9-20-31)34-30-18-10-16-28(24-30)33(26-12-4-1-5-13-26,27-14-6-2-7-15-27)37-23-22-32-21-11-17-29(32)25-32/h1-10,12-16,18-20,24,29,34H,11,17,21-23,25H2/t29-,32-/m0/s1. The van der Waals surface area contributed by atoms with Crippen molar-refractivity contribution >= 4 is 15.7 Å². The smallest absolute Gasteiger partial charge is 0.261 e. The summed E-state index contributed by atoms with van der Waals surface area (Å²) in [5, 5.41) is 0. The molecule has 2 atom stereocenters. The molecule has 5 heteroatoms. The van der Waals surface area contributed by atoms with Gasteiger partial charge in [0.05, 0.1) is 4.90 Å². The van der Waals surface area contributed by atoms with Crippen molar-refractivity contribution in [3.8, 4) is 0 Å². The van der Waals surface area contributed by atoms with Gasteiger partial charge in [0.2, 0.25) is 0 Å². The molecule has 2 fully saturated rings. The van der Waals surface area contributed by atoms with Crippen LogP contribution < -0.4 is 4.72 Å². The zero-order chi connectivity index (χ0) is 26.1. The van der Waals surface area contributed by atoms with Crippen LogP contribution in [0.1, 0.15) is 48.8 Å². The Morgan fingerprint density at radius 1 is 0.789 bits per heavy atom. The van der Waals surface area contributed by atoms with E-state index in [1.165, 1.54) is 25.7 Å². The van der Waals surface area contributed by atoms with Crippen LogP contribution in [0.4, 0.5) is 5.69 Å². The molecule has 4 aromatic rings. The molecule has 0 unspecified atom stereocenters. The van der Waals surface area contributed by atoms with E-state index in [2.05, 4.69) is 29.0 Å². The van der Waals surface area contributed by atoms with Gasteiger partial charge in [-0.15, -0.1) is 0 Å². The molecule has 0 aromatic heterocycles. The monoisotopic (exact) mass is 523 g/mol. The highest BCUT2D eigenvalue weighted by Crippen LogP contribution is 2.65. The minimum absolute atomic E-state index is 0.230. The van der Waals surface area contributed by atoms with Gasteiger partial charge in [0, 0.05) is 12.3 Å². The molecule has 0 radical (unpaired) electrons. The molecule has 6 rings (SSSR count). The van der Waals surface area contributed by atoms with Gasteiger partial charge in [0.25, 0.3) is 10.0 Å². The molecule has 0 saturated heterocycles. The maximum Gasteiger partial charge on any atom is 0.261 e. The van der Waals surface area contributed by atoms with E-state index in [1.807, 2.05) is 54.6 Å². The molecule has 0 aliphatic heterocycles. The lowest BCUT2D eigenvalue weighted by Crippen LogP contribution is -2.34. The van der Waals surface area contributed by atoms with E-state index in [4.69, 9.17) is 4.74 Å². The Morgan fingerprint density at radius 2 is 1.39 bits per heavy atom. The van der Waals surface area contributed by atoms with Crippen molar-refractivity contribution in [2.45, 2.75) is 42.6 Å². The third-order valence-corrected chi connectivity index (χ3v) is 9.84. The predicted molar refractivity (Wildman–Crippen MR) is 151 cm³/mol. The van der Waals surface area contributed by atoms with Gasteiger partial charge in [0.1, 0.15) is 5.60 Å². The van der Waals surface area contributed by atoms with Crippen LogP contribution >= 0.6 is 0 Å². The average Bonchev–Trinajstić information content (AvgIpc) is 3.50. The fraction of sp³-hybridized carbons (Fsp3) is 0.273. The number of sulfonamides is 1. The summed E-state index contributed by atoms with van der Waals surface area (Å²) in [6, 6.07) is 36.6. The highest BCUT2D eigenvalue weighted by molar-refractivity contribution is 7.92. The number of ether oxygens (including phenoxy) is 1. The summed E-state index contributed by atoms with van der Waals surface area (Å²) in [6.45, 7) is 0.639. The first kappa shape index (κ1) is 24.9. The Balaban J connectivity index is 1.41. The Bertz CT molecular complexity index is 1450. The average molecular weight is 524 g/mol. The van der Waals surface area contributed by atoms with E-state index in [1.54, 1.807) is 36.4 Å². The van der Waals surface area contributed by atoms with Crippen molar-refractivity contribution in [3.63, 3.8) is 0 Å². The minimum Gasteiger partial charge on any atom is -0.361 e. The normalized spacial score (nSPS) is 20.6. The zero-order valence-corrected chi connectivity index (χ0v) is 22.2. The molecule has 0 heterocycles. The molecule has 0 amide bonds. The number of hydrogen-bond donors (Lipinski definition) is 1. The highest BCUT2D eigenvalue weighted by atomic mass is 32.2. The van der Waals surface area contributed by atoms with Gasteiger partial charge in [-0.3, -0.25) is 4.72 Å². The summed E-state index contributed by atoms with van der Waals surface area (Å²) in [4.78, 5) is 0.230. The molecular formula is C33H33NO3S. The van der Waals surface area contributed by atoms with Gasteiger partial charge in [-0.2, -0.15) is 0 Å². The van der Waals surface area contributed by atoms with Crippen LogP contribution in [0.3, 0.4) is 0 Å². The number of hydrogen-bond acceptors (Lipinski definition) is 3. The van der Waals surface area contributed by atoms with Crippen LogP contribution in [0.15, 0.2) is 120 Å². The quantitative estimate of drug-likeness (QED) is 0.221. The first-order valence-electron chi connectivity index (χ1n) is 13.5. The number of rotatable bonds is 10. The van der Waals surface area contributed by atoms with Crippen LogP contribution in [0.25, 0.3) is 0 Å². The first-order valence-corrected chi connectivity index (χ1v) is 14.9. The zero-order valence-electron chi connectivity index (χ0n) is 21.4. The van der Waals surface area contributed by atoms with E-state index in [9.17, 15) is 8.42 Å². The number of fused-ring (bicyclic) bond motifs is 1. The van der Waals surface area contributed by atoms with E-state index in [-0.39, 0.29) is 4.90 Å². The van der Waals surface area contributed by atoms with E-state index in [0.717, 1.165) is 29.0 Å². The van der Waals surface area contributed by atoms with Crippen molar-refractivity contribution in [2.75, 3.05) is 11.3 Å². The number of benzene rings is 4. The van der Waals surface area contributed by atoms with Crippen LogP contribution in [0.5, 0.6) is 0 Å². The largest absolute Gasteiger partial charge is 0.361 e. The molecule has 0 bridgehead atoms. The second-order valence-electron chi connectivity index (χ2n) is 10.7. The van der Waals surface area contributed by atoms with Crippen molar-refractivity contribution in [1.29, 1.82) is 0 Å². The van der Waals surface area contributed by atoms with E-state index in [0.29, 0.717) is 17.7 Å². The lowest BCUT2D eigenvalue weighted by atomic mass is 9.79. The molecule has 2 aliphatic carbocycles. The van der Waals surface area contributed by atoms with Crippen LogP contribution in [0.2, 0.25) is 0 Å². The highest BCUT2D eigenvalue weighted by Gasteiger charge is 2.56. The predicted octanol–water partition coefficient (Wildman–Crippen LogP) is 7.38. The van der Waals surface area contributed by atoms with Gasteiger partial charge in [0.15, 0.2) is 0 Å². The SMILES string of the molecule is O=S(=O)(Nc1cccc(C(OCC[C@]23CCC[C@H]2C3)(c2ccccc2)c2ccccc2)c1)c1ccccc1. The van der Waals surface area contributed by atoms with Crippen molar-refractivity contribution in [2.24, 2.45) is 11.3 Å². The lowest BCUT2D eigenvalue weighted by molar-refractivity contribution is 0.00337. The van der Waals surface area contributed by atoms with Crippen LogP contribution in [-0.4, -0.2) is 15.0 Å². The Morgan fingerprint density at radius 3 is 1.97 bits per heavy atom. The van der Waals surface area contributed by atoms with Crippen molar-refractivity contribution in [1.82, 2.24) is 0 Å². The Labute approximate surface area is 225 Å². The van der Waals surface area contributed by atoms with Gasteiger partial charge >= 0.3 is 0 Å². The topological polar surface area (TPSA) is 55.4 Å². The maximum atomic E-state index is 13.1. The summed E-state index contributed by atoms with van der Waals surface area (Å²) in [5.41, 5.74) is 3.01. The van der Waals surface area contributed by atoms with Crippen LogP contribution in [-0.2, 0) is 20.4 Å². The molecule has 1 N–H and O–H groups in total. The fourth-order valence-corrected chi connectivity index (χ4v) is 7.47. The molecule has 4 nitrogen and oxygen atoms in total. The summed E-state index contributed by atoms with van der Waals surface area (Å²) < 4.78 is 36.1.